The van der Waals surface area contributed by atoms with Crippen LogP contribution in [0.3, 0.4) is 0 Å². The van der Waals surface area contributed by atoms with Crippen LogP contribution in [0.1, 0.15) is 30.0 Å². The summed E-state index contributed by atoms with van der Waals surface area (Å²) in [5.74, 6) is -1.36. The first-order valence-electron chi connectivity index (χ1n) is 13.3. The molecular weight excluding hydrogens is 564 g/mol. The zero-order valence-electron chi connectivity index (χ0n) is 22.7. The molecule has 4 rings (SSSR count). The number of carboxylic acids is 1. The number of nitrogens with zero attached hydrogens (tertiary/aromatic N) is 3. The predicted octanol–water partition coefficient (Wildman–Crippen LogP) is 5.86. The van der Waals surface area contributed by atoms with Crippen LogP contribution in [0, 0.1) is 5.92 Å². The van der Waals surface area contributed by atoms with Crippen molar-refractivity contribution >= 4 is 5.97 Å². The van der Waals surface area contributed by atoms with Crippen molar-refractivity contribution < 1.29 is 41.4 Å². The van der Waals surface area contributed by atoms with E-state index >= 15 is 0 Å². The second-order valence-electron chi connectivity index (χ2n) is 10.7. The van der Waals surface area contributed by atoms with Gasteiger partial charge >= 0.3 is 18.3 Å². The largest absolute Gasteiger partial charge is 0.481 e. The summed E-state index contributed by atoms with van der Waals surface area (Å²) < 4.78 is 79.1. The molecule has 0 spiro atoms. The van der Waals surface area contributed by atoms with Crippen molar-refractivity contribution in [3.8, 4) is 11.1 Å². The van der Waals surface area contributed by atoms with Crippen molar-refractivity contribution in [2.75, 3.05) is 19.6 Å². The van der Waals surface area contributed by atoms with E-state index in [1.54, 1.807) is 31.5 Å². The summed E-state index contributed by atoms with van der Waals surface area (Å²) in [6.45, 7) is 5.13. The van der Waals surface area contributed by atoms with Gasteiger partial charge in [-0.3, -0.25) is 19.6 Å². The molecule has 1 saturated heterocycles. The number of carboxylic acid groups (broad SMARTS) is 1. The van der Waals surface area contributed by atoms with Crippen molar-refractivity contribution in [3.63, 3.8) is 0 Å². The fourth-order valence-electron chi connectivity index (χ4n) is 5.22. The number of aliphatic carboxylic acids is 1. The van der Waals surface area contributed by atoms with E-state index in [9.17, 15) is 41.4 Å². The van der Waals surface area contributed by atoms with Gasteiger partial charge in [0.1, 0.15) is 0 Å². The van der Waals surface area contributed by atoms with E-state index in [0.29, 0.717) is 49.3 Å². The van der Waals surface area contributed by atoms with E-state index in [2.05, 4.69) is 14.8 Å². The second-order valence-corrected chi connectivity index (χ2v) is 10.7. The highest BCUT2D eigenvalue weighted by molar-refractivity contribution is 5.69. The topological polar surface area (TPSA) is 76.9 Å². The molecule has 42 heavy (non-hydrogen) atoms. The average molecular weight is 596 g/mol. The van der Waals surface area contributed by atoms with Gasteiger partial charge in [0.25, 0.3) is 5.60 Å². The zero-order valence-corrected chi connectivity index (χ0v) is 22.7. The van der Waals surface area contributed by atoms with Crippen LogP contribution in [0.2, 0.25) is 0 Å². The molecule has 226 valence electrons. The van der Waals surface area contributed by atoms with E-state index in [-0.39, 0.29) is 6.04 Å². The smallest absolute Gasteiger partial charge is 0.430 e. The van der Waals surface area contributed by atoms with Gasteiger partial charge in [-0.15, -0.1) is 0 Å². The number of carbonyl (C=O) groups is 1. The minimum Gasteiger partial charge on any atom is -0.481 e. The molecule has 2 heterocycles. The van der Waals surface area contributed by atoms with E-state index in [1.807, 2.05) is 24.3 Å². The third kappa shape index (κ3) is 6.93. The maximum Gasteiger partial charge on any atom is 0.430 e. The molecule has 0 radical (unpaired) electrons. The molecule has 1 aromatic heterocycles. The minimum absolute atomic E-state index is 0.0165. The second kappa shape index (κ2) is 12.4. The fourth-order valence-corrected chi connectivity index (χ4v) is 5.22. The number of piperazine rings is 1. The Hall–Kier alpha value is -3.48. The van der Waals surface area contributed by atoms with Crippen LogP contribution in [0.4, 0.5) is 26.3 Å². The van der Waals surface area contributed by atoms with Gasteiger partial charge in [-0.25, -0.2) is 0 Å². The molecule has 2 aromatic carbocycles. The summed E-state index contributed by atoms with van der Waals surface area (Å²) in [5.41, 5.74) is -3.25. The van der Waals surface area contributed by atoms with Crippen molar-refractivity contribution in [2.45, 2.75) is 50.4 Å². The third-order valence-electron chi connectivity index (χ3n) is 7.69. The number of halogens is 6. The molecule has 1 aliphatic heterocycles. The molecule has 0 aliphatic carbocycles. The standard InChI is InChI=1S/C30H31F6N3O3/c1-20(27(40)41)16-26-19-38(14-15-39(26)18-22-10-12-37-13-11-22)17-21-2-4-23(5-3-21)24-6-8-25(9-7-24)28(42,29(31,32)33)30(34,35)36/h2-13,20,26,42H,14-19H2,1H3,(H,40,41). The molecule has 0 amide bonds. The van der Waals surface area contributed by atoms with Crippen molar-refractivity contribution in [2.24, 2.45) is 5.92 Å². The molecule has 3 aromatic rings. The maximum atomic E-state index is 13.2. The SMILES string of the molecule is CC(CC1CN(Cc2ccc(-c3ccc(C(O)(C(F)(F)F)C(F)(F)F)cc3)cc2)CCN1Cc1ccncc1)C(=O)O. The van der Waals surface area contributed by atoms with E-state index in [0.717, 1.165) is 36.3 Å². The van der Waals surface area contributed by atoms with Crippen LogP contribution >= 0.6 is 0 Å². The van der Waals surface area contributed by atoms with Gasteiger partial charge in [-0.1, -0.05) is 55.5 Å². The number of pyridine rings is 1. The summed E-state index contributed by atoms with van der Waals surface area (Å²) >= 11 is 0. The molecular formula is C30H31F6N3O3. The number of benzene rings is 2. The number of hydrogen-bond acceptors (Lipinski definition) is 5. The lowest BCUT2D eigenvalue weighted by atomic mass is 9.90. The number of aromatic nitrogens is 1. The summed E-state index contributed by atoms with van der Waals surface area (Å²) in [6.07, 6.45) is -7.94. The van der Waals surface area contributed by atoms with E-state index in [1.165, 1.54) is 0 Å². The molecule has 12 heteroatoms. The Morgan fingerprint density at radius 3 is 1.90 bits per heavy atom. The summed E-state index contributed by atoms with van der Waals surface area (Å²) in [5, 5.41) is 19.1. The van der Waals surface area contributed by atoms with Gasteiger partial charge in [0, 0.05) is 56.7 Å². The normalized spacial score (nSPS) is 18.1. The highest BCUT2D eigenvalue weighted by atomic mass is 19.4. The van der Waals surface area contributed by atoms with Gasteiger partial charge in [0.05, 0.1) is 5.92 Å². The number of aliphatic hydroxyl groups is 1. The molecule has 2 N–H and O–H groups in total. The van der Waals surface area contributed by atoms with Gasteiger partial charge in [-0.05, 0) is 40.8 Å². The lowest BCUT2D eigenvalue weighted by Crippen LogP contribution is -2.53. The number of rotatable bonds is 9. The monoisotopic (exact) mass is 595 g/mol. The molecule has 6 nitrogen and oxygen atoms in total. The first-order chi connectivity index (χ1) is 19.7. The lowest BCUT2D eigenvalue weighted by molar-refractivity contribution is -0.376. The Morgan fingerprint density at radius 2 is 1.38 bits per heavy atom. The first-order valence-corrected chi connectivity index (χ1v) is 13.3. The Bertz CT molecular complexity index is 1320. The molecule has 0 bridgehead atoms. The highest BCUT2D eigenvalue weighted by Gasteiger charge is 2.71. The quantitative estimate of drug-likeness (QED) is 0.302. The number of alkyl halides is 6. The van der Waals surface area contributed by atoms with Crippen LogP contribution < -0.4 is 0 Å². The van der Waals surface area contributed by atoms with Crippen LogP contribution in [0.25, 0.3) is 11.1 Å². The molecule has 2 atom stereocenters. The van der Waals surface area contributed by atoms with Crippen molar-refractivity contribution in [3.05, 3.63) is 89.7 Å². The summed E-state index contributed by atoms with van der Waals surface area (Å²) in [7, 11) is 0. The molecule has 1 fully saturated rings. The lowest BCUT2D eigenvalue weighted by Gasteiger charge is -2.42. The molecule has 1 aliphatic rings. The Balaban J connectivity index is 1.44. The van der Waals surface area contributed by atoms with Crippen LogP contribution in [0.15, 0.2) is 73.1 Å². The van der Waals surface area contributed by atoms with E-state index in [4.69, 9.17) is 0 Å². The third-order valence-corrected chi connectivity index (χ3v) is 7.69. The van der Waals surface area contributed by atoms with Gasteiger partial charge in [-0.2, -0.15) is 26.3 Å². The summed E-state index contributed by atoms with van der Waals surface area (Å²) in [4.78, 5) is 20.1. The first kappa shape index (κ1) is 31.5. The van der Waals surface area contributed by atoms with Crippen LogP contribution in [0.5, 0.6) is 0 Å². The Labute approximate surface area is 239 Å². The van der Waals surface area contributed by atoms with Gasteiger partial charge in [0.2, 0.25) is 0 Å². The van der Waals surface area contributed by atoms with Crippen LogP contribution in [-0.2, 0) is 23.5 Å². The highest BCUT2D eigenvalue weighted by Crippen LogP contribution is 2.50. The van der Waals surface area contributed by atoms with Gasteiger partial charge < -0.3 is 10.2 Å². The van der Waals surface area contributed by atoms with Gasteiger partial charge in [0.15, 0.2) is 0 Å². The predicted molar refractivity (Wildman–Crippen MR) is 143 cm³/mol. The van der Waals surface area contributed by atoms with E-state index < -0.39 is 35.4 Å². The number of hydrogen-bond donors (Lipinski definition) is 2. The Morgan fingerprint density at radius 1 is 0.857 bits per heavy atom. The molecule has 0 saturated carbocycles. The van der Waals surface area contributed by atoms with Crippen molar-refractivity contribution in [1.82, 2.24) is 14.8 Å². The average Bonchev–Trinajstić information content (AvgIpc) is 2.94. The Kier molecular flexibility index (Phi) is 9.29. The van der Waals surface area contributed by atoms with Crippen LogP contribution in [-0.4, -0.2) is 69.0 Å². The zero-order chi connectivity index (χ0) is 30.7. The summed E-state index contributed by atoms with van der Waals surface area (Å²) in [6, 6.07) is 14.5. The fraction of sp³-hybridized carbons (Fsp3) is 0.400. The van der Waals surface area contributed by atoms with Crippen molar-refractivity contribution in [1.29, 1.82) is 0 Å². The molecule has 2 unspecified atom stereocenters. The minimum atomic E-state index is -5.94. The maximum absolute atomic E-state index is 13.2.